The Balaban J connectivity index is 2.33. The van der Waals surface area contributed by atoms with Gasteiger partial charge in [-0.2, -0.15) is 4.72 Å². The molecule has 0 unspecified atom stereocenters. The van der Waals surface area contributed by atoms with Gasteiger partial charge in [0.1, 0.15) is 6.04 Å². The molecule has 2 rings (SSSR count). The number of aliphatic imine (C=N–C) groups is 1. The molecule has 0 spiro atoms. The largest absolute Gasteiger partial charge is 0.465 e. The number of nitrogens with zero attached hydrogens (tertiary/aromatic N) is 2. The zero-order valence-corrected chi connectivity index (χ0v) is 19.7. The molecule has 32 heavy (non-hydrogen) atoms. The fourth-order valence-corrected chi connectivity index (χ4v) is 4.73. The molecule has 0 heterocycles. The van der Waals surface area contributed by atoms with Crippen molar-refractivity contribution in [3.63, 3.8) is 0 Å². The molecule has 2 aromatic carbocycles. The normalized spacial score (nSPS) is 12.3. The van der Waals surface area contributed by atoms with E-state index in [0.717, 1.165) is 17.5 Å². The zero-order valence-electron chi connectivity index (χ0n) is 18.9. The van der Waals surface area contributed by atoms with Crippen LogP contribution in [0.25, 0.3) is 10.8 Å². The number of carbonyl (C=O) groups is 1. The van der Waals surface area contributed by atoms with Crippen LogP contribution < -0.4 is 21.1 Å². The molecule has 176 valence electrons. The molecule has 0 aromatic heterocycles. The smallest absolute Gasteiger partial charge is 0.324 e. The lowest BCUT2D eigenvalue weighted by Crippen LogP contribution is -2.42. The van der Waals surface area contributed by atoms with Crippen LogP contribution >= 0.6 is 0 Å². The van der Waals surface area contributed by atoms with Crippen molar-refractivity contribution in [2.24, 2.45) is 16.5 Å². The van der Waals surface area contributed by atoms with E-state index in [1.807, 2.05) is 44.1 Å². The van der Waals surface area contributed by atoms with Crippen LogP contribution in [0, 0.1) is 0 Å². The molecule has 1 atom stereocenters. The molecule has 0 saturated carbocycles. The number of rotatable bonds is 12. The van der Waals surface area contributed by atoms with Crippen LogP contribution in [-0.2, 0) is 19.6 Å². The van der Waals surface area contributed by atoms with Gasteiger partial charge < -0.3 is 21.1 Å². The van der Waals surface area contributed by atoms with Gasteiger partial charge in [0.25, 0.3) is 0 Å². The van der Waals surface area contributed by atoms with Gasteiger partial charge in [-0.15, -0.1) is 0 Å². The van der Waals surface area contributed by atoms with Gasteiger partial charge in [0, 0.05) is 37.1 Å². The molecule has 5 N–H and O–H groups in total. The second-order valence-electron chi connectivity index (χ2n) is 7.67. The maximum atomic E-state index is 13.3. The fourth-order valence-electron chi connectivity index (χ4n) is 3.29. The molecule has 0 aliphatic heterocycles. The highest BCUT2D eigenvalue weighted by Gasteiger charge is 2.28. The Labute approximate surface area is 189 Å². The van der Waals surface area contributed by atoms with Gasteiger partial charge in [-0.05, 0) is 31.4 Å². The number of hydrogen-bond donors (Lipinski definition) is 3. The summed E-state index contributed by atoms with van der Waals surface area (Å²) in [4.78, 5) is 18.5. The molecule has 0 amide bonds. The standard InChI is InChI=1S/C22H33N5O4S/c1-4-5-15-31-21(28)18(11-8-14-25-22(23)24)26-32(29,30)20-13-7-9-16-17(20)10-6-12-19(16)27(2)3/h6-7,9-10,12-13,18,26H,4-5,8,11,14-15H2,1-3H3,(H4,23,24,25)/t18-/m0/s1. The zero-order chi connectivity index (χ0) is 23.7. The average molecular weight is 464 g/mol. The lowest BCUT2D eigenvalue weighted by atomic mass is 10.1. The van der Waals surface area contributed by atoms with Gasteiger partial charge in [-0.25, -0.2) is 8.42 Å². The Morgan fingerprint density at radius 2 is 1.81 bits per heavy atom. The van der Waals surface area contributed by atoms with Crippen molar-refractivity contribution in [1.82, 2.24) is 4.72 Å². The number of nitrogens with two attached hydrogens (primary N) is 2. The number of sulfonamides is 1. The summed E-state index contributed by atoms with van der Waals surface area (Å²) in [6.07, 6.45) is 2.18. The van der Waals surface area contributed by atoms with E-state index >= 15 is 0 Å². The molecule has 9 nitrogen and oxygen atoms in total. The van der Waals surface area contributed by atoms with Crippen molar-refractivity contribution in [3.8, 4) is 0 Å². The Morgan fingerprint density at radius 3 is 2.47 bits per heavy atom. The molecule has 0 radical (unpaired) electrons. The van der Waals surface area contributed by atoms with Gasteiger partial charge in [0.2, 0.25) is 10.0 Å². The maximum Gasteiger partial charge on any atom is 0.324 e. The first kappa shape index (κ1) is 25.4. The number of fused-ring (bicyclic) bond motifs is 1. The average Bonchev–Trinajstić information content (AvgIpc) is 2.74. The summed E-state index contributed by atoms with van der Waals surface area (Å²) in [7, 11) is -0.220. The number of nitrogens with one attached hydrogen (secondary N) is 1. The van der Waals surface area contributed by atoms with Crippen molar-refractivity contribution in [2.75, 3.05) is 32.1 Å². The quantitative estimate of drug-likeness (QED) is 0.189. The van der Waals surface area contributed by atoms with E-state index in [-0.39, 0.29) is 30.4 Å². The van der Waals surface area contributed by atoms with Gasteiger partial charge in [0.05, 0.1) is 11.5 Å². The van der Waals surface area contributed by atoms with Crippen molar-refractivity contribution in [2.45, 2.75) is 43.5 Å². The minimum Gasteiger partial charge on any atom is -0.465 e. The first-order valence-electron chi connectivity index (χ1n) is 10.6. The number of anilines is 1. The number of ether oxygens (including phenoxy) is 1. The summed E-state index contributed by atoms with van der Waals surface area (Å²) in [5.74, 6) is -0.666. The molecule has 0 saturated heterocycles. The molecule has 0 aliphatic carbocycles. The van der Waals surface area contributed by atoms with Crippen molar-refractivity contribution >= 4 is 38.4 Å². The van der Waals surface area contributed by atoms with Crippen LogP contribution in [0.5, 0.6) is 0 Å². The molecule has 2 aromatic rings. The summed E-state index contributed by atoms with van der Waals surface area (Å²) >= 11 is 0. The lowest BCUT2D eigenvalue weighted by molar-refractivity contribution is -0.146. The monoisotopic (exact) mass is 463 g/mol. The summed E-state index contributed by atoms with van der Waals surface area (Å²) in [6.45, 7) is 2.50. The second kappa shape index (κ2) is 11.7. The minimum atomic E-state index is -4.01. The van der Waals surface area contributed by atoms with Crippen LogP contribution in [-0.4, -0.2) is 53.6 Å². The van der Waals surface area contributed by atoms with Crippen LogP contribution in [0.15, 0.2) is 46.3 Å². The highest BCUT2D eigenvalue weighted by molar-refractivity contribution is 7.89. The van der Waals surface area contributed by atoms with Gasteiger partial charge in [-0.1, -0.05) is 37.6 Å². The van der Waals surface area contributed by atoms with E-state index in [0.29, 0.717) is 18.2 Å². The first-order valence-corrected chi connectivity index (χ1v) is 12.1. The minimum absolute atomic E-state index is 0.0555. The Bertz CT molecular complexity index is 1050. The van der Waals surface area contributed by atoms with Crippen molar-refractivity contribution in [1.29, 1.82) is 0 Å². The molecule has 10 heteroatoms. The van der Waals surface area contributed by atoms with E-state index in [2.05, 4.69) is 9.71 Å². The third-order valence-corrected chi connectivity index (χ3v) is 6.43. The van der Waals surface area contributed by atoms with Gasteiger partial charge in [0.15, 0.2) is 5.96 Å². The molecule has 0 aliphatic rings. The Morgan fingerprint density at radius 1 is 1.12 bits per heavy atom. The SMILES string of the molecule is CCCCOC(=O)[C@H](CCCN=C(N)N)NS(=O)(=O)c1cccc2c(N(C)C)cccc12. The molecule has 0 bridgehead atoms. The Hall–Kier alpha value is -2.85. The number of esters is 1. The maximum absolute atomic E-state index is 13.3. The molecular weight excluding hydrogens is 430 g/mol. The second-order valence-corrected chi connectivity index (χ2v) is 9.35. The summed E-state index contributed by atoms with van der Waals surface area (Å²) in [5.41, 5.74) is 11.6. The van der Waals surface area contributed by atoms with Gasteiger partial charge >= 0.3 is 5.97 Å². The van der Waals surface area contributed by atoms with E-state index < -0.39 is 22.0 Å². The summed E-state index contributed by atoms with van der Waals surface area (Å²) in [5, 5.41) is 1.38. The van der Waals surface area contributed by atoms with Crippen LogP contribution in [0.3, 0.4) is 0 Å². The number of benzene rings is 2. The third-order valence-electron chi connectivity index (χ3n) is 4.90. The predicted octanol–water partition coefficient (Wildman–Crippen LogP) is 1.95. The topological polar surface area (TPSA) is 140 Å². The van der Waals surface area contributed by atoms with E-state index in [9.17, 15) is 13.2 Å². The number of hydrogen-bond acceptors (Lipinski definition) is 6. The molecule has 0 fully saturated rings. The van der Waals surface area contributed by atoms with Crippen LogP contribution in [0.2, 0.25) is 0 Å². The number of unbranched alkanes of at least 4 members (excludes halogenated alkanes) is 1. The lowest BCUT2D eigenvalue weighted by Gasteiger charge is -2.20. The van der Waals surface area contributed by atoms with Crippen LogP contribution in [0.1, 0.15) is 32.6 Å². The first-order chi connectivity index (χ1) is 15.2. The van der Waals surface area contributed by atoms with Crippen LogP contribution in [0.4, 0.5) is 5.69 Å². The predicted molar refractivity (Wildman–Crippen MR) is 128 cm³/mol. The van der Waals surface area contributed by atoms with Crippen molar-refractivity contribution in [3.05, 3.63) is 36.4 Å². The van der Waals surface area contributed by atoms with E-state index in [1.165, 1.54) is 6.07 Å². The summed E-state index contributed by atoms with van der Waals surface area (Å²) in [6, 6.07) is 9.53. The third kappa shape index (κ3) is 6.83. The number of carbonyl (C=O) groups excluding carboxylic acids is 1. The van der Waals surface area contributed by atoms with E-state index in [1.54, 1.807) is 12.1 Å². The van der Waals surface area contributed by atoms with Crippen molar-refractivity contribution < 1.29 is 17.9 Å². The number of guanidine groups is 1. The molecular formula is C22H33N5O4S. The highest BCUT2D eigenvalue weighted by atomic mass is 32.2. The van der Waals surface area contributed by atoms with Gasteiger partial charge in [-0.3, -0.25) is 9.79 Å². The Kier molecular flexibility index (Phi) is 9.27. The highest BCUT2D eigenvalue weighted by Crippen LogP contribution is 2.30. The fraction of sp³-hybridized carbons (Fsp3) is 0.455. The summed E-state index contributed by atoms with van der Waals surface area (Å²) < 4.78 is 34.4. The van der Waals surface area contributed by atoms with E-state index in [4.69, 9.17) is 16.2 Å².